The summed E-state index contributed by atoms with van der Waals surface area (Å²) in [6.07, 6.45) is 2.82. The monoisotopic (exact) mass is 190 g/mol. The van der Waals surface area contributed by atoms with Gasteiger partial charge < -0.3 is 9.47 Å². The van der Waals surface area contributed by atoms with E-state index in [1.807, 2.05) is 24.5 Å². The van der Waals surface area contributed by atoms with E-state index in [4.69, 9.17) is 9.47 Å². The van der Waals surface area contributed by atoms with E-state index >= 15 is 0 Å². The van der Waals surface area contributed by atoms with Crippen molar-refractivity contribution < 1.29 is 9.47 Å². The largest absolute Gasteiger partial charge is 0.501 e. The lowest BCUT2D eigenvalue weighted by molar-refractivity contribution is 0.141. The van der Waals surface area contributed by atoms with E-state index in [0.29, 0.717) is 13.2 Å². The van der Waals surface area contributed by atoms with Crippen LogP contribution in [0.2, 0.25) is 0 Å². The zero-order valence-corrected chi connectivity index (χ0v) is 8.11. The lowest BCUT2D eigenvalue weighted by Crippen LogP contribution is -1.97. The summed E-state index contributed by atoms with van der Waals surface area (Å²) >= 11 is 0. The van der Waals surface area contributed by atoms with Crippen molar-refractivity contribution in [2.45, 2.75) is 13.0 Å². The lowest BCUT2D eigenvalue weighted by Gasteiger charge is -2.03. The fourth-order valence-electron chi connectivity index (χ4n) is 1.41. The maximum absolute atomic E-state index is 5.56. The van der Waals surface area contributed by atoms with Gasteiger partial charge in [-0.15, -0.1) is 0 Å². The normalized spacial score (nSPS) is 15.0. The van der Waals surface area contributed by atoms with Crippen molar-refractivity contribution in [1.82, 2.24) is 0 Å². The summed E-state index contributed by atoms with van der Waals surface area (Å²) in [5, 5.41) is 0. The average Bonchev–Trinajstić information content (AvgIpc) is 2.72. The molecule has 1 aromatic carbocycles. The molecule has 0 saturated carbocycles. The van der Waals surface area contributed by atoms with Crippen molar-refractivity contribution >= 4 is 0 Å². The molecular formula is C12H14O2. The highest BCUT2D eigenvalue weighted by Gasteiger charge is 2.04. The molecule has 0 aromatic heterocycles. The molecule has 1 aliphatic heterocycles. The van der Waals surface area contributed by atoms with Crippen LogP contribution in [0, 0.1) is 0 Å². The molecule has 0 atom stereocenters. The number of hydrogen-bond acceptors (Lipinski definition) is 2. The van der Waals surface area contributed by atoms with E-state index in [1.54, 1.807) is 0 Å². The molecule has 0 saturated heterocycles. The Morgan fingerprint density at radius 1 is 1.14 bits per heavy atom. The molecule has 1 aromatic rings. The van der Waals surface area contributed by atoms with Gasteiger partial charge in [-0.05, 0) is 11.1 Å². The summed E-state index contributed by atoms with van der Waals surface area (Å²) in [5.41, 5.74) is 2.47. The van der Waals surface area contributed by atoms with Crippen LogP contribution >= 0.6 is 0 Å². The first-order valence-electron chi connectivity index (χ1n) is 4.86. The van der Waals surface area contributed by atoms with E-state index in [9.17, 15) is 0 Å². The molecule has 2 rings (SSSR count). The Bertz CT molecular complexity index is 303. The third-order valence-electron chi connectivity index (χ3n) is 2.19. The van der Waals surface area contributed by atoms with Gasteiger partial charge in [0, 0.05) is 6.42 Å². The fraction of sp³-hybridized carbons (Fsp3) is 0.333. The summed E-state index contributed by atoms with van der Waals surface area (Å²) in [5.74, 6) is 0. The van der Waals surface area contributed by atoms with Crippen molar-refractivity contribution in [3.63, 3.8) is 0 Å². The zero-order chi connectivity index (χ0) is 9.64. The summed E-state index contributed by atoms with van der Waals surface area (Å²) in [6, 6.07) is 10.2. The molecule has 14 heavy (non-hydrogen) atoms. The van der Waals surface area contributed by atoms with E-state index < -0.39 is 0 Å². The second-order valence-corrected chi connectivity index (χ2v) is 3.38. The molecular weight excluding hydrogens is 176 g/mol. The highest BCUT2D eigenvalue weighted by atomic mass is 16.5. The maximum Gasteiger partial charge on any atom is 0.0912 e. The third-order valence-corrected chi connectivity index (χ3v) is 2.19. The Morgan fingerprint density at radius 3 is 2.71 bits per heavy atom. The van der Waals surface area contributed by atoms with Crippen LogP contribution in [-0.2, 0) is 16.1 Å². The van der Waals surface area contributed by atoms with Gasteiger partial charge >= 0.3 is 0 Å². The predicted molar refractivity (Wildman–Crippen MR) is 54.8 cm³/mol. The first-order valence-corrected chi connectivity index (χ1v) is 4.86. The Balaban J connectivity index is 1.73. The van der Waals surface area contributed by atoms with Crippen molar-refractivity contribution in [1.29, 1.82) is 0 Å². The van der Waals surface area contributed by atoms with Gasteiger partial charge in [-0.25, -0.2) is 0 Å². The Labute approximate surface area is 84.2 Å². The first-order chi connectivity index (χ1) is 6.95. The van der Waals surface area contributed by atoms with Gasteiger partial charge in [0.15, 0.2) is 0 Å². The van der Waals surface area contributed by atoms with Gasteiger partial charge in [-0.3, -0.25) is 0 Å². The van der Waals surface area contributed by atoms with Crippen molar-refractivity contribution in [2.75, 3.05) is 13.2 Å². The van der Waals surface area contributed by atoms with Crippen LogP contribution in [0.4, 0.5) is 0 Å². The van der Waals surface area contributed by atoms with Crippen LogP contribution in [0.5, 0.6) is 0 Å². The molecule has 0 bridgehead atoms. The van der Waals surface area contributed by atoms with Crippen molar-refractivity contribution in [3.8, 4) is 0 Å². The molecule has 0 radical (unpaired) electrons. The molecule has 2 nitrogen and oxygen atoms in total. The maximum atomic E-state index is 5.56. The van der Waals surface area contributed by atoms with Crippen LogP contribution in [0.1, 0.15) is 12.0 Å². The summed E-state index contributed by atoms with van der Waals surface area (Å²) in [7, 11) is 0. The molecule has 1 aliphatic rings. The minimum Gasteiger partial charge on any atom is -0.501 e. The molecule has 74 valence electrons. The van der Waals surface area contributed by atoms with E-state index in [-0.39, 0.29) is 0 Å². The molecule has 1 heterocycles. The first kappa shape index (κ1) is 9.28. The number of ether oxygens (including phenoxy) is 2. The van der Waals surface area contributed by atoms with Gasteiger partial charge in [-0.1, -0.05) is 30.3 Å². The highest BCUT2D eigenvalue weighted by molar-refractivity contribution is 5.13. The minimum atomic E-state index is 0.679. The van der Waals surface area contributed by atoms with Gasteiger partial charge in [-0.2, -0.15) is 0 Å². The van der Waals surface area contributed by atoms with Gasteiger partial charge in [0.2, 0.25) is 0 Å². The van der Waals surface area contributed by atoms with Crippen molar-refractivity contribution in [3.05, 3.63) is 47.7 Å². The molecule has 2 heteroatoms. The molecule has 0 fully saturated rings. The van der Waals surface area contributed by atoms with Gasteiger partial charge in [0.1, 0.15) is 0 Å². The van der Waals surface area contributed by atoms with Crippen LogP contribution in [-0.4, -0.2) is 13.2 Å². The number of benzene rings is 1. The highest BCUT2D eigenvalue weighted by Crippen LogP contribution is 2.11. The zero-order valence-electron chi connectivity index (χ0n) is 8.11. The van der Waals surface area contributed by atoms with E-state index in [1.165, 1.54) is 11.1 Å². The predicted octanol–water partition coefficient (Wildman–Crippen LogP) is 2.51. The van der Waals surface area contributed by atoms with E-state index in [0.717, 1.165) is 13.0 Å². The molecule has 0 aliphatic carbocycles. The standard InChI is InChI=1S/C12H14O2/c1-2-4-11(5-3-1)8-14-10-12-6-7-13-9-12/h1-5,9H,6-8,10H2. The molecule has 0 unspecified atom stereocenters. The Hall–Kier alpha value is -1.28. The number of rotatable bonds is 4. The molecule has 0 amide bonds. The van der Waals surface area contributed by atoms with Crippen molar-refractivity contribution in [2.24, 2.45) is 0 Å². The Morgan fingerprint density at radius 2 is 2.00 bits per heavy atom. The Kier molecular flexibility index (Phi) is 3.19. The van der Waals surface area contributed by atoms with Crippen LogP contribution in [0.3, 0.4) is 0 Å². The lowest BCUT2D eigenvalue weighted by atomic mass is 10.2. The van der Waals surface area contributed by atoms with Gasteiger partial charge in [0.05, 0.1) is 26.1 Å². The van der Waals surface area contributed by atoms with Crippen LogP contribution < -0.4 is 0 Å². The smallest absolute Gasteiger partial charge is 0.0912 e. The van der Waals surface area contributed by atoms with Crippen LogP contribution in [0.25, 0.3) is 0 Å². The van der Waals surface area contributed by atoms with Crippen LogP contribution in [0.15, 0.2) is 42.2 Å². The fourth-order valence-corrected chi connectivity index (χ4v) is 1.41. The second kappa shape index (κ2) is 4.82. The third kappa shape index (κ3) is 2.60. The van der Waals surface area contributed by atoms with E-state index in [2.05, 4.69) is 12.1 Å². The summed E-state index contributed by atoms with van der Waals surface area (Å²) in [4.78, 5) is 0. The summed E-state index contributed by atoms with van der Waals surface area (Å²) in [6.45, 7) is 2.18. The SMILES string of the molecule is C1=C(COCc2ccccc2)CCO1. The summed E-state index contributed by atoms with van der Waals surface area (Å²) < 4.78 is 10.7. The molecule has 0 spiro atoms. The molecule has 0 N–H and O–H groups in total. The topological polar surface area (TPSA) is 18.5 Å². The van der Waals surface area contributed by atoms with Gasteiger partial charge in [0.25, 0.3) is 0 Å². The second-order valence-electron chi connectivity index (χ2n) is 3.38. The average molecular weight is 190 g/mol. The number of hydrogen-bond donors (Lipinski definition) is 0. The minimum absolute atomic E-state index is 0.679. The quantitative estimate of drug-likeness (QED) is 0.726.